The first-order valence-electron chi connectivity index (χ1n) is 6.00. The number of aryl methyl sites for hydroxylation is 2. The summed E-state index contributed by atoms with van der Waals surface area (Å²) in [5, 5.41) is 11.9. The molecule has 3 nitrogen and oxygen atoms in total. The molecule has 1 unspecified atom stereocenters. The van der Waals surface area contributed by atoms with Gasteiger partial charge in [0, 0.05) is 6.54 Å². The van der Waals surface area contributed by atoms with Gasteiger partial charge in [-0.25, -0.2) is 0 Å². The van der Waals surface area contributed by atoms with E-state index >= 15 is 0 Å². The second kappa shape index (κ2) is 6.40. The Balaban J connectivity index is 2.47. The quantitative estimate of drug-likeness (QED) is 0.816. The van der Waals surface area contributed by atoms with Crippen molar-refractivity contribution < 1.29 is 9.90 Å². The molecule has 1 amide bonds. The van der Waals surface area contributed by atoms with Crippen LogP contribution in [0.25, 0.3) is 0 Å². The predicted octanol–water partition coefficient (Wildman–Crippen LogP) is 1.73. The van der Waals surface area contributed by atoms with E-state index < -0.39 is 0 Å². The Hall–Kier alpha value is -1.35. The van der Waals surface area contributed by atoms with Crippen LogP contribution in [0.2, 0.25) is 0 Å². The number of aliphatic hydroxyl groups excluding tert-OH is 1. The van der Waals surface area contributed by atoms with Gasteiger partial charge < -0.3 is 10.4 Å². The number of rotatable bonds is 5. The first kappa shape index (κ1) is 13.7. The molecule has 0 saturated heterocycles. The van der Waals surface area contributed by atoms with E-state index in [1.165, 1.54) is 5.56 Å². The molecule has 0 aliphatic rings. The third-order valence-electron chi connectivity index (χ3n) is 2.74. The van der Waals surface area contributed by atoms with Gasteiger partial charge in [0.05, 0.1) is 12.5 Å². The van der Waals surface area contributed by atoms with Crippen LogP contribution in [0.3, 0.4) is 0 Å². The fraction of sp³-hybridized carbons (Fsp3) is 0.500. The summed E-state index contributed by atoms with van der Waals surface area (Å²) < 4.78 is 0. The minimum Gasteiger partial charge on any atom is -0.393 e. The standard InChI is InChI=1S/C14H21NO2/c1-10-4-5-11(2)13(8-10)9-14(17)15-7-6-12(3)16/h4-5,8,12,16H,6-7,9H2,1-3H3,(H,15,17). The molecule has 3 heteroatoms. The van der Waals surface area contributed by atoms with Crippen molar-refractivity contribution in [3.05, 3.63) is 34.9 Å². The van der Waals surface area contributed by atoms with Crippen molar-refractivity contribution in [2.75, 3.05) is 6.54 Å². The molecule has 0 radical (unpaired) electrons. The highest BCUT2D eigenvalue weighted by atomic mass is 16.3. The lowest BCUT2D eigenvalue weighted by Crippen LogP contribution is -2.28. The maximum atomic E-state index is 11.7. The van der Waals surface area contributed by atoms with Gasteiger partial charge in [-0.3, -0.25) is 4.79 Å². The van der Waals surface area contributed by atoms with Crippen LogP contribution in [-0.2, 0) is 11.2 Å². The second-order valence-corrected chi connectivity index (χ2v) is 4.59. The molecular formula is C14H21NO2. The summed E-state index contributed by atoms with van der Waals surface area (Å²) in [7, 11) is 0. The first-order chi connectivity index (χ1) is 7.99. The second-order valence-electron chi connectivity index (χ2n) is 4.59. The lowest BCUT2D eigenvalue weighted by Gasteiger charge is -2.09. The molecule has 0 heterocycles. The van der Waals surface area contributed by atoms with Crippen LogP contribution in [0.1, 0.15) is 30.0 Å². The van der Waals surface area contributed by atoms with Crippen LogP contribution in [0.4, 0.5) is 0 Å². The zero-order valence-electron chi connectivity index (χ0n) is 10.8. The Bertz CT molecular complexity index is 386. The SMILES string of the molecule is Cc1ccc(C)c(CC(=O)NCCC(C)O)c1. The van der Waals surface area contributed by atoms with Gasteiger partial charge in [-0.05, 0) is 38.3 Å². The molecule has 0 spiro atoms. The summed E-state index contributed by atoms with van der Waals surface area (Å²) in [5.41, 5.74) is 3.38. The number of aliphatic hydroxyl groups is 1. The maximum absolute atomic E-state index is 11.7. The van der Waals surface area contributed by atoms with Crippen molar-refractivity contribution in [1.29, 1.82) is 0 Å². The average molecular weight is 235 g/mol. The minimum atomic E-state index is -0.365. The number of hydrogen-bond acceptors (Lipinski definition) is 2. The smallest absolute Gasteiger partial charge is 0.224 e. The van der Waals surface area contributed by atoms with Crippen molar-refractivity contribution >= 4 is 5.91 Å². The van der Waals surface area contributed by atoms with Gasteiger partial charge in [-0.15, -0.1) is 0 Å². The molecule has 0 aliphatic carbocycles. The van der Waals surface area contributed by atoms with E-state index in [0.29, 0.717) is 19.4 Å². The summed E-state index contributed by atoms with van der Waals surface area (Å²) in [5.74, 6) is 0.0133. The van der Waals surface area contributed by atoms with E-state index in [-0.39, 0.29) is 12.0 Å². The molecule has 0 aliphatic heterocycles. The van der Waals surface area contributed by atoms with Crippen LogP contribution in [0, 0.1) is 13.8 Å². The molecule has 0 bridgehead atoms. The van der Waals surface area contributed by atoms with Gasteiger partial charge in [-0.2, -0.15) is 0 Å². The zero-order chi connectivity index (χ0) is 12.8. The van der Waals surface area contributed by atoms with Gasteiger partial charge in [0.2, 0.25) is 5.91 Å². The van der Waals surface area contributed by atoms with Gasteiger partial charge >= 0.3 is 0 Å². The van der Waals surface area contributed by atoms with Gasteiger partial charge in [-0.1, -0.05) is 23.8 Å². The summed E-state index contributed by atoms with van der Waals surface area (Å²) in [4.78, 5) is 11.7. The predicted molar refractivity (Wildman–Crippen MR) is 68.9 cm³/mol. The Morgan fingerprint density at radius 3 is 2.76 bits per heavy atom. The number of amides is 1. The van der Waals surface area contributed by atoms with Crippen LogP contribution >= 0.6 is 0 Å². The van der Waals surface area contributed by atoms with E-state index in [9.17, 15) is 4.79 Å². The lowest BCUT2D eigenvalue weighted by molar-refractivity contribution is -0.120. The lowest BCUT2D eigenvalue weighted by atomic mass is 10.0. The molecule has 0 saturated carbocycles. The van der Waals surface area contributed by atoms with Crippen LogP contribution in [-0.4, -0.2) is 23.7 Å². The Morgan fingerprint density at radius 1 is 1.41 bits per heavy atom. The summed E-state index contributed by atoms with van der Waals surface area (Å²) in [6.07, 6.45) is 0.641. The third kappa shape index (κ3) is 5.00. The maximum Gasteiger partial charge on any atom is 0.224 e. The number of benzene rings is 1. The molecule has 2 N–H and O–H groups in total. The fourth-order valence-corrected chi connectivity index (χ4v) is 1.65. The van der Waals surface area contributed by atoms with E-state index in [0.717, 1.165) is 11.1 Å². The van der Waals surface area contributed by atoms with Gasteiger partial charge in [0.15, 0.2) is 0 Å². The van der Waals surface area contributed by atoms with Crippen molar-refractivity contribution in [2.45, 2.75) is 39.7 Å². The molecule has 1 rings (SSSR count). The highest BCUT2D eigenvalue weighted by Crippen LogP contribution is 2.11. The molecule has 0 aromatic heterocycles. The van der Waals surface area contributed by atoms with E-state index in [1.54, 1.807) is 6.92 Å². The molecule has 1 atom stereocenters. The summed E-state index contributed by atoms with van der Waals surface area (Å²) >= 11 is 0. The van der Waals surface area contributed by atoms with Crippen molar-refractivity contribution in [3.8, 4) is 0 Å². The number of carbonyl (C=O) groups excluding carboxylic acids is 1. The Labute approximate surface area is 103 Å². The topological polar surface area (TPSA) is 49.3 Å². The number of nitrogens with one attached hydrogen (secondary N) is 1. The van der Waals surface area contributed by atoms with E-state index in [2.05, 4.69) is 5.32 Å². The van der Waals surface area contributed by atoms with Crippen LogP contribution in [0.5, 0.6) is 0 Å². The fourth-order valence-electron chi connectivity index (χ4n) is 1.65. The Kier molecular flexibility index (Phi) is 5.16. The van der Waals surface area contributed by atoms with Gasteiger partial charge in [0.25, 0.3) is 0 Å². The zero-order valence-corrected chi connectivity index (χ0v) is 10.8. The minimum absolute atomic E-state index is 0.0133. The average Bonchev–Trinajstić information content (AvgIpc) is 2.23. The third-order valence-corrected chi connectivity index (χ3v) is 2.74. The largest absolute Gasteiger partial charge is 0.393 e. The molecule has 94 valence electrons. The first-order valence-corrected chi connectivity index (χ1v) is 6.00. The highest BCUT2D eigenvalue weighted by Gasteiger charge is 2.06. The van der Waals surface area contributed by atoms with E-state index in [1.807, 2.05) is 32.0 Å². The van der Waals surface area contributed by atoms with E-state index in [4.69, 9.17) is 5.11 Å². The number of carbonyl (C=O) groups is 1. The van der Waals surface area contributed by atoms with Crippen molar-refractivity contribution in [1.82, 2.24) is 5.32 Å². The van der Waals surface area contributed by atoms with Crippen LogP contribution in [0.15, 0.2) is 18.2 Å². The van der Waals surface area contributed by atoms with Crippen LogP contribution < -0.4 is 5.32 Å². The van der Waals surface area contributed by atoms with Crippen molar-refractivity contribution in [3.63, 3.8) is 0 Å². The Morgan fingerprint density at radius 2 is 2.12 bits per heavy atom. The van der Waals surface area contributed by atoms with Gasteiger partial charge in [0.1, 0.15) is 0 Å². The molecular weight excluding hydrogens is 214 g/mol. The summed E-state index contributed by atoms with van der Waals surface area (Å²) in [6.45, 7) is 6.28. The molecule has 1 aromatic rings. The monoisotopic (exact) mass is 235 g/mol. The molecule has 0 fully saturated rings. The van der Waals surface area contributed by atoms with Crippen molar-refractivity contribution in [2.24, 2.45) is 0 Å². The summed E-state index contributed by atoms with van der Waals surface area (Å²) in [6, 6.07) is 6.13. The highest BCUT2D eigenvalue weighted by molar-refractivity contribution is 5.78. The molecule has 1 aromatic carbocycles. The number of hydrogen-bond donors (Lipinski definition) is 2. The molecule has 17 heavy (non-hydrogen) atoms. The normalized spacial score (nSPS) is 12.2.